The Labute approximate surface area is 99.0 Å². The van der Waals surface area contributed by atoms with Gasteiger partial charge in [0.05, 0.1) is 11.3 Å². The maximum absolute atomic E-state index is 10.7. The van der Waals surface area contributed by atoms with Crippen LogP contribution in [0.3, 0.4) is 0 Å². The number of nitriles is 1. The molecular formula is C11H12ClN3O. The molecule has 1 rings (SSSR count). The highest BCUT2D eigenvalue weighted by atomic mass is 35.5. The second kappa shape index (κ2) is 5.38. The van der Waals surface area contributed by atoms with E-state index in [1.54, 1.807) is 18.2 Å². The normalized spacial score (nSPS) is 11.6. The molecule has 0 aromatic heterocycles. The molecule has 1 aromatic rings. The van der Waals surface area contributed by atoms with Gasteiger partial charge in [-0.15, -0.1) is 0 Å². The predicted molar refractivity (Wildman–Crippen MR) is 63.1 cm³/mol. The van der Waals surface area contributed by atoms with Gasteiger partial charge in [-0.1, -0.05) is 11.6 Å². The van der Waals surface area contributed by atoms with Crippen molar-refractivity contribution < 1.29 is 4.79 Å². The average Bonchev–Trinajstić information content (AvgIpc) is 2.16. The molecule has 0 spiro atoms. The van der Waals surface area contributed by atoms with E-state index in [2.05, 4.69) is 5.32 Å². The molecule has 3 N–H and O–H groups in total. The number of carbonyl (C=O) groups is 1. The van der Waals surface area contributed by atoms with Crippen LogP contribution < -0.4 is 11.1 Å². The minimum absolute atomic E-state index is 0.136. The lowest BCUT2D eigenvalue weighted by Gasteiger charge is -2.14. The molecule has 1 aromatic carbocycles. The minimum Gasteiger partial charge on any atom is -0.381 e. The van der Waals surface area contributed by atoms with Gasteiger partial charge in [-0.2, -0.15) is 5.26 Å². The molecule has 0 heterocycles. The molecular weight excluding hydrogens is 226 g/mol. The molecule has 0 bridgehead atoms. The van der Waals surface area contributed by atoms with Crippen LogP contribution in [-0.2, 0) is 4.79 Å². The second-order valence-electron chi connectivity index (χ2n) is 3.52. The summed E-state index contributed by atoms with van der Waals surface area (Å²) in [6, 6.07) is 6.83. The molecule has 5 heteroatoms. The number of carbonyl (C=O) groups excluding carboxylic acids is 1. The van der Waals surface area contributed by atoms with E-state index in [9.17, 15) is 4.79 Å². The van der Waals surface area contributed by atoms with E-state index in [0.717, 1.165) is 0 Å². The summed E-state index contributed by atoms with van der Waals surface area (Å²) in [5.74, 6) is -0.388. The first-order chi connectivity index (χ1) is 7.52. The fourth-order valence-electron chi connectivity index (χ4n) is 1.35. The van der Waals surface area contributed by atoms with Crippen molar-refractivity contribution in [1.29, 1.82) is 5.26 Å². The van der Waals surface area contributed by atoms with E-state index in [1.165, 1.54) is 0 Å². The van der Waals surface area contributed by atoms with Crippen molar-refractivity contribution in [2.75, 3.05) is 5.32 Å². The quantitative estimate of drug-likeness (QED) is 0.839. The van der Waals surface area contributed by atoms with Crippen LogP contribution in [0.1, 0.15) is 18.9 Å². The van der Waals surface area contributed by atoms with Gasteiger partial charge in [-0.3, -0.25) is 4.79 Å². The minimum atomic E-state index is -0.388. The molecule has 0 fully saturated rings. The first kappa shape index (κ1) is 12.3. The topological polar surface area (TPSA) is 78.9 Å². The Hall–Kier alpha value is -1.73. The first-order valence-electron chi connectivity index (χ1n) is 4.77. The summed E-state index contributed by atoms with van der Waals surface area (Å²) in [6.07, 6.45) is 0.206. The average molecular weight is 238 g/mol. The third-order valence-electron chi connectivity index (χ3n) is 2.01. The molecule has 84 valence electrons. The van der Waals surface area contributed by atoms with Crippen molar-refractivity contribution in [1.82, 2.24) is 0 Å². The Morgan fingerprint density at radius 3 is 2.94 bits per heavy atom. The number of primary amides is 1. The van der Waals surface area contributed by atoms with E-state index in [0.29, 0.717) is 16.3 Å². The summed E-state index contributed by atoms with van der Waals surface area (Å²) >= 11 is 5.82. The van der Waals surface area contributed by atoms with E-state index < -0.39 is 0 Å². The van der Waals surface area contributed by atoms with Crippen LogP contribution in [0.25, 0.3) is 0 Å². The van der Waals surface area contributed by atoms with Crippen LogP contribution in [0.5, 0.6) is 0 Å². The lowest BCUT2D eigenvalue weighted by atomic mass is 10.1. The Morgan fingerprint density at radius 1 is 1.69 bits per heavy atom. The van der Waals surface area contributed by atoms with Gasteiger partial charge >= 0.3 is 0 Å². The highest BCUT2D eigenvalue weighted by Crippen LogP contribution is 2.21. The van der Waals surface area contributed by atoms with Crippen molar-refractivity contribution in [3.63, 3.8) is 0 Å². The van der Waals surface area contributed by atoms with Crippen molar-refractivity contribution in [2.45, 2.75) is 19.4 Å². The highest BCUT2D eigenvalue weighted by molar-refractivity contribution is 6.30. The van der Waals surface area contributed by atoms with Crippen LogP contribution in [0.4, 0.5) is 5.69 Å². The first-order valence-corrected chi connectivity index (χ1v) is 5.15. The third-order valence-corrected chi connectivity index (χ3v) is 2.25. The van der Waals surface area contributed by atoms with Crippen LogP contribution in [-0.4, -0.2) is 11.9 Å². The molecule has 0 saturated carbocycles. The van der Waals surface area contributed by atoms with E-state index in [4.69, 9.17) is 22.6 Å². The number of rotatable bonds is 4. The molecule has 16 heavy (non-hydrogen) atoms. The van der Waals surface area contributed by atoms with Crippen LogP contribution >= 0.6 is 11.6 Å². The van der Waals surface area contributed by atoms with Crippen LogP contribution in [0, 0.1) is 11.3 Å². The number of hydrogen-bond acceptors (Lipinski definition) is 3. The summed E-state index contributed by atoms with van der Waals surface area (Å²) in [6.45, 7) is 1.81. The number of halogens is 1. The van der Waals surface area contributed by atoms with Gasteiger partial charge in [0.1, 0.15) is 6.07 Å². The number of nitrogens with zero attached hydrogens (tertiary/aromatic N) is 1. The fraction of sp³-hybridized carbons (Fsp3) is 0.273. The molecule has 0 aliphatic carbocycles. The standard InChI is InChI=1S/C11H12ClN3O/c1-7(4-11(14)16)15-10-5-9(12)3-2-8(10)6-13/h2-3,5,7,15H,4H2,1H3,(H2,14,16). The zero-order valence-corrected chi connectivity index (χ0v) is 9.58. The van der Waals surface area contributed by atoms with Crippen molar-refractivity contribution in [2.24, 2.45) is 5.73 Å². The zero-order valence-electron chi connectivity index (χ0n) is 8.83. The van der Waals surface area contributed by atoms with Crippen molar-refractivity contribution >= 4 is 23.2 Å². The molecule has 1 amide bonds. The number of benzene rings is 1. The van der Waals surface area contributed by atoms with Gasteiger partial charge < -0.3 is 11.1 Å². The molecule has 0 aliphatic rings. The molecule has 0 aliphatic heterocycles. The van der Waals surface area contributed by atoms with Gasteiger partial charge in [0.25, 0.3) is 0 Å². The zero-order chi connectivity index (χ0) is 12.1. The van der Waals surface area contributed by atoms with E-state index >= 15 is 0 Å². The SMILES string of the molecule is CC(CC(N)=O)Nc1cc(Cl)ccc1C#N. The lowest BCUT2D eigenvalue weighted by Crippen LogP contribution is -2.24. The molecule has 1 unspecified atom stereocenters. The number of nitrogens with two attached hydrogens (primary N) is 1. The van der Waals surface area contributed by atoms with Crippen molar-refractivity contribution in [3.8, 4) is 6.07 Å². The Bertz CT molecular complexity index is 439. The second-order valence-corrected chi connectivity index (χ2v) is 3.95. The third kappa shape index (κ3) is 3.44. The number of anilines is 1. The van der Waals surface area contributed by atoms with Gasteiger partial charge in [0.2, 0.25) is 5.91 Å². The summed E-state index contributed by atoms with van der Waals surface area (Å²) in [5.41, 5.74) is 6.18. The van der Waals surface area contributed by atoms with Gasteiger partial charge in [-0.25, -0.2) is 0 Å². The molecule has 4 nitrogen and oxygen atoms in total. The maximum atomic E-state index is 10.7. The fourth-order valence-corrected chi connectivity index (χ4v) is 1.52. The number of nitrogens with one attached hydrogen (secondary N) is 1. The van der Waals surface area contributed by atoms with E-state index in [-0.39, 0.29) is 18.4 Å². The molecule has 1 atom stereocenters. The van der Waals surface area contributed by atoms with Gasteiger partial charge in [0.15, 0.2) is 0 Å². The summed E-state index contributed by atoms with van der Waals surface area (Å²) in [7, 11) is 0. The largest absolute Gasteiger partial charge is 0.381 e. The Kier molecular flexibility index (Phi) is 4.15. The Morgan fingerprint density at radius 2 is 2.38 bits per heavy atom. The molecule has 0 radical (unpaired) electrons. The van der Waals surface area contributed by atoms with Gasteiger partial charge in [0, 0.05) is 17.5 Å². The van der Waals surface area contributed by atoms with E-state index in [1.807, 2.05) is 13.0 Å². The van der Waals surface area contributed by atoms with Gasteiger partial charge in [-0.05, 0) is 25.1 Å². The maximum Gasteiger partial charge on any atom is 0.219 e. The lowest BCUT2D eigenvalue weighted by molar-refractivity contribution is -0.118. The predicted octanol–water partition coefficient (Wildman–Crippen LogP) is 1.89. The van der Waals surface area contributed by atoms with Crippen LogP contribution in [0.15, 0.2) is 18.2 Å². The van der Waals surface area contributed by atoms with Crippen LogP contribution in [0.2, 0.25) is 5.02 Å². The molecule has 0 saturated heterocycles. The van der Waals surface area contributed by atoms with Crippen molar-refractivity contribution in [3.05, 3.63) is 28.8 Å². The summed E-state index contributed by atoms with van der Waals surface area (Å²) < 4.78 is 0. The summed E-state index contributed by atoms with van der Waals surface area (Å²) in [5, 5.41) is 12.4. The smallest absolute Gasteiger partial charge is 0.219 e. The number of hydrogen-bond donors (Lipinski definition) is 2. The number of amides is 1. The monoisotopic (exact) mass is 237 g/mol. The highest BCUT2D eigenvalue weighted by Gasteiger charge is 2.09. The summed E-state index contributed by atoms with van der Waals surface area (Å²) in [4.78, 5) is 10.7. The Balaban J connectivity index is 2.84.